The van der Waals surface area contributed by atoms with Crippen molar-refractivity contribution in [1.82, 2.24) is 4.98 Å². The zero-order chi connectivity index (χ0) is 14.4. The first-order valence-electron chi connectivity index (χ1n) is 7.58. The molecule has 108 valence electrons. The van der Waals surface area contributed by atoms with Crippen molar-refractivity contribution in [3.8, 4) is 0 Å². The summed E-state index contributed by atoms with van der Waals surface area (Å²) in [5.74, 6) is -0.0772. The van der Waals surface area contributed by atoms with Gasteiger partial charge in [0.2, 0.25) is 0 Å². The van der Waals surface area contributed by atoms with Gasteiger partial charge < -0.3 is 5.11 Å². The molecule has 21 heavy (non-hydrogen) atoms. The monoisotopic (exact) mass is 283 g/mol. The van der Waals surface area contributed by atoms with Gasteiger partial charge >= 0.3 is 0 Å². The summed E-state index contributed by atoms with van der Waals surface area (Å²) in [6.45, 7) is 0. The van der Waals surface area contributed by atoms with Crippen molar-refractivity contribution in [3.05, 3.63) is 65.2 Å². The number of nitrogens with zero attached hydrogens (tertiary/aromatic N) is 1. The van der Waals surface area contributed by atoms with Crippen LogP contribution in [0.4, 0.5) is 4.39 Å². The van der Waals surface area contributed by atoms with Gasteiger partial charge in [-0.2, -0.15) is 0 Å². The third-order valence-corrected chi connectivity index (χ3v) is 5.33. The van der Waals surface area contributed by atoms with Gasteiger partial charge in [-0.1, -0.05) is 24.3 Å². The predicted molar refractivity (Wildman–Crippen MR) is 78.2 cm³/mol. The number of rotatable bonds is 1. The van der Waals surface area contributed by atoms with Crippen LogP contribution >= 0.6 is 0 Å². The van der Waals surface area contributed by atoms with E-state index in [4.69, 9.17) is 0 Å². The third kappa shape index (κ3) is 1.91. The van der Waals surface area contributed by atoms with Gasteiger partial charge in [-0.15, -0.1) is 0 Å². The summed E-state index contributed by atoms with van der Waals surface area (Å²) in [4.78, 5) is 3.95. The lowest BCUT2D eigenvalue weighted by molar-refractivity contribution is -0.0400. The van der Waals surface area contributed by atoms with Crippen molar-refractivity contribution >= 4 is 0 Å². The fraction of sp³-hybridized carbons (Fsp3) is 0.389. The molecule has 1 aromatic heterocycles. The van der Waals surface area contributed by atoms with E-state index in [9.17, 15) is 9.50 Å². The van der Waals surface area contributed by atoms with Gasteiger partial charge in [0.05, 0.1) is 11.8 Å². The van der Waals surface area contributed by atoms with E-state index in [0.717, 1.165) is 25.7 Å². The van der Waals surface area contributed by atoms with Crippen molar-refractivity contribution in [3.63, 3.8) is 0 Å². The molecule has 1 heterocycles. The predicted octanol–water partition coefficient (Wildman–Crippen LogP) is 3.23. The molecule has 2 unspecified atom stereocenters. The summed E-state index contributed by atoms with van der Waals surface area (Å²) in [5, 5.41) is 11.4. The Morgan fingerprint density at radius 3 is 2.24 bits per heavy atom. The van der Waals surface area contributed by atoms with Crippen LogP contribution in [0.3, 0.4) is 0 Å². The summed E-state index contributed by atoms with van der Waals surface area (Å²) in [5.41, 5.74) is 2.34. The topological polar surface area (TPSA) is 33.1 Å². The lowest BCUT2D eigenvalue weighted by atomic mass is 9.77. The Balaban J connectivity index is 1.81. The van der Waals surface area contributed by atoms with Gasteiger partial charge in [0.15, 0.2) is 0 Å². The SMILES string of the molecule is OC1(c2cncc(F)c2)C2CCC1Cc1ccccc1C2. The lowest BCUT2D eigenvalue weighted by Crippen LogP contribution is -2.37. The Bertz CT molecular complexity index is 651. The van der Waals surface area contributed by atoms with Crippen LogP contribution in [0.1, 0.15) is 29.5 Å². The third-order valence-electron chi connectivity index (χ3n) is 5.33. The molecule has 2 aliphatic carbocycles. The first-order chi connectivity index (χ1) is 10.2. The molecule has 1 saturated carbocycles. The van der Waals surface area contributed by atoms with Gasteiger partial charge in [-0.3, -0.25) is 4.98 Å². The molecule has 2 nitrogen and oxygen atoms in total. The largest absolute Gasteiger partial charge is 0.385 e. The molecule has 0 aliphatic heterocycles. The maximum Gasteiger partial charge on any atom is 0.141 e. The van der Waals surface area contributed by atoms with Gasteiger partial charge in [-0.25, -0.2) is 4.39 Å². The molecule has 2 aliphatic rings. The molecule has 1 aromatic carbocycles. The smallest absolute Gasteiger partial charge is 0.141 e. The maximum atomic E-state index is 13.6. The molecule has 2 bridgehead atoms. The molecule has 0 saturated heterocycles. The van der Waals surface area contributed by atoms with Crippen molar-refractivity contribution in [1.29, 1.82) is 0 Å². The molecule has 1 N–H and O–H groups in total. The fourth-order valence-corrected chi connectivity index (χ4v) is 4.28. The van der Waals surface area contributed by atoms with E-state index in [1.807, 2.05) is 0 Å². The second-order valence-corrected chi connectivity index (χ2v) is 6.37. The number of aromatic nitrogens is 1. The average Bonchev–Trinajstić information content (AvgIpc) is 2.71. The van der Waals surface area contributed by atoms with Crippen LogP contribution in [0.15, 0.2) is 42.7 Å². The van der Waals surface area contributed by atoms with Gasteiger partial charge in [0.1, 0.15) is 5.82 Å². The second-order valence-electron chi connectivity index (χ2n) is 6.37. The first-order valence-corrected chi connectivity index (χ1v) is 7.58. The molecule has 3 heteroatoms. The summed E-state index contributed by atoms with van der Waals surface area (Å²) in [6, 6.07) is 9.87. The highest BCUT2D eigenvalue weighted by molar-refractivity contribution is 5.35. The number of benzene rings is 1. The second kappa shape index (κ2) is 4.63. The fourth-order valence-electron chi connectivity index (χ4n) is 4.28. The van der Waals surface area contributed by atoms with Gasteiger partial charge in [0, 0.05) is 11.8 Å². The molecular formula is C18H18FNO. The summed E-state index contributed by atoms with van der Waals surface area (Å²) >= 11 is 0. The van der Waals surface area contributed by atoms with E-state index in [1.165, 1.54) is 23.4 Å². The van der Waals surface area contributed by atoms with Crippen LogP contribution in [0.25, 0.3) is 0 Å². The van der Waals surface area contributed by atoms with Crippen molar-refractivity contribution in [2.45, 2.75) is 31.3 Å². The summed E-state index contributed by atoms with van der Waals surface area (Å²) < 4.78 is 13.6. The Morgan fingerprint density at radius 2 is 1.67 bits per heavy atom. The minimum absolute atomic E-state index is 0.148. The zero-order valence-corrected chi connectivity index (χ0v) is 11.8. The molecule has 2 atom stereocenters. The van der Waals surface area contributed by atoms with Crippen LogP contribution in [0.2, 0.25) is 0 Å². The summed E-state index contributed by atoms with van der Waals surface area (Å²) in [7, 11) is 0. The van der Waals surface area contributed by atoms with Crippen LogP contribution < -0.4 is 0 Å². The highest BCUT2D eigenvalue weighted by Crippen LogP contribution is 2.52. The Labute approximate surface area is 123 Å². The number of hydrogen-bond acceptors (Lipinski definition) is 2. The van der Waals surface area contributed by atoms with E-state index < -0.39 is 5.60 Å². The van der Waals surface area contributed by atoms with E-state index >= 15 is 0 Å². The van der Waals surface area contributed by atoms with Gasteiger partial charge in [0.25, 0.3) is 0 Å². The number of hydrogen-bond donors (Lipinski definition) is 1. The normalized spacial score (nSPS) is 30.8. The Kier molecular flexibility index (Phi) is 2.86. The van der Waals surface area contributed by atoms with Crippen LogP contribution in [0.5, 0.6) is 0 Å². The molecule has 0 spiro atoms. The first kappa shape index (κ1) is 13.0. The molecule has 1 fully saturated rings. The van der Waals surface area contributed by atoms with Gasteiger partial charge in [-0.05, 0) is 54.7 Å². The number of pyridine rings is 1. The molecular weight excluding hydrogens is 265 g/mol. The quantitative estimate of drug-likeness (QED) is 0.871. The van der Waals surface area contributed by atoms with E-state index in [1.54, 1.807) is 6.20 Å². The standard InChI is InChI=1S/C18H18FNO/c19-17-9-16(10-20-11-17)18(21)14-5-6-15(18)8-13-4-2-1-3-12(13)7-14/h1-4,9-11,14-15,21H,5-8H2. The number of halogens is 1. The van der Waals surface area contributed by atoms with Crippen molar-refractivity contribution in [2.75, 3.05) is 0 Å². The van der Waals surface area contributed by atoms with Crippen LogP contribution in [-0.2, 0) is 18.4 Å². The van der Waals surface area contributed by atoms with Crippen LogP contribution in [-0.4, -0.2) is 10.1 Å². The lowest BCUT2D eigenvalue weighted by Gasteiger charge is -2.34. The minimum atomic E-state index is -0.950. The average molecular weight is 283 g/mol. The van der Waals surface area contributed by atoms with E-state index in [2.05, 4.69) is 29.2 Å². The molecule has 0 radical (unpaired) electrons. The van der Waals surface area contributed by atoms with Crippen molar-refractivity contribution < 1.29 is 9.50 Å². The van der Waals surface area contributed by atoms with Crippen molar-refractivity contribution in [2.24, 2.45) is 11.8 Å². The number of aliphatic hydroxyl groups is 1. The minimum Gasteiger partial charge on any atom is -0.385 e. The highest BCUT2D eigenvalue weighted by Gasteiger charge is 2.51. The highest BCUT2D eigenvalue weighted by atomic mass is 19.1. The molecule has 0 amide bonds. The molecule has 4 rings (SSSR count). The number of fused-ring (bicyclic) bond motifs is 3. The molecule has 2 aromatic rings. The van der Waals surface area contributed by atoms with E-state index in [0.29, 0.717) is 5.56 Å². The Morgan fingerprint density at radius 1 is 1.05 bits per heavy atom. The maximum absolute atomic E-state index is 13.6. The van der Waals surface area contributed by atoms with Crippen LogP contribution in [0, 0.1) is 17.7 Å². The summed E-state index contributed by atoms with van der Waals surface area (Å²) in [6.07, 6.45) is 6.53. The Hall–Kier alpha value is -1.74. The zero-order valence-electron chi connectivity index (χ0n) is 11.8. The van der Waals surface area contributed by atoms with E-state index in [-0.39, 0.29) is 17.7 Å².